The summed E-state index contributed by atoms with van der Waals surface area (Å²) in [5.74, 6) is 0.273. The number of carbonyl (C=O) groups is 2. The van der Waals surface area contributed by atoms with E-state index in [-0.39, 0.29) is 17.9 Å². The monoisotopic (exact) mass is 293 g/mol. The predicted octanol–water partition coefficient (Wildman–Crippen LogP) is 1.97. The Kier molecular flexibility index (Phi) is 4.36. The lowest BCUT2D eigenvalue weighted by Gasteiger charge is -2.39. The molecule has 1 N–H and O–H groups in total. The molecule has 2 saturated heterocycles. The molecule has 3 rings (SSSR count). The topological polar surface area (TPSA) is 52.7 Å². The van der Waals surface area contributed by atoms with E-state index >= 15 is 0 Å². The van der Waals surface area contributed by atoms with E-state index in [1.807, 2.05) is 4.90 Å². The maximum atomic E-state index is 12.7. The van der Waals surface area contributed by atoms with Gasteiger partial charge in [0.2, 0.25) is 5.91 Å². The van der Waals surface area contributed by atoms with Crippen LogP contribution >= 0.6 is 0 Å². The SMILES string of the molecule is CC1CCCCN1C(=O)C1CCCN(C(=O)NC2CC2)C1. The lowest BCUT2D eigenvalue weighted by Crippen LogP contribution is -2.52. The van der Waals surface area contributed by atoms with Gasteiger partial charge in [0.05, 0.1) is 5.92 Å². The van der Waals surface area contributed by atoms with Gasteiger partial charge in [-0.3, -0.25) is 4.79 Å². The molecule has 1 aliphatic carbocycles. The molecular weight excluding hydrogens is 266 g/mol. The molecule has 0 bridgehead atoms. The molecule has 2 unspecified atom stereocenters. The molecule has 5 nitrogen and oxygen atoms in total. The van der Waals surface area contributed by atoms with Gasteiger partial charge in [0, 0.05) is 31.7 Å². The van der Waals surface area contributed by atoms with Gasteiger partial charge in [0.15, 0.2) is 0 Å². The minimum absolute atomic E-state index is 0.00394. The summed E-state index contributed by atoms with van der Waals surface area (Å²) < 4.78 is 0. The molecule has 2 heterocycles. The zero-order valence-electron chi connectivity index (χ0n) is 13.0. The highest BCUT2D eigenvalue weighted by molar-refractivity contribution is 5.81. The zero-order chi connectivity index (χ0) is 14.8. The van der Waals surface area contributed by atoms with Crippen LogP contribution in [0.2, 0.25) is 0 Å². The largest absolute Gasteiger partial charge is 0.340 e. The number of nitrogens with one attached hydrogen (secondary N) is 1. The summed E-state index contributed by atoms with van der Waals surface area (Å²) in [6.45, 7) is 4.43. The lowest BCUT2D eigenvalue weighted by molar-refractivity contribution is -0.140. The predicted molar refractivity (Wildman–Crippen MR) is 80.9 cm³/mol. The van der Waals surface area contributed by atoms with Crippen molar-refractivity contribution in [3.8, 4) is 0 Å². The number of nitrogens with zero attached hydrogens (tertiary/aromatic N) is 2. The highest BCUT2D eigenvalue weighted by atomic mass is 16.2. The first-order valence-corrected chi connectivity index (χ1v) is 8.51. The minimum atomic E-state index is 0.00394. The smallest absolute Gasteiger partial charge is 0.317 e. The van der Waals surface area contributed by atoms with Crippen LogP contribution in [0.3, 0.4) is 0 Å². The van der Waals surface area contributed by atoms with Crippen LogP contribution in [0.1, 0.15) is 51.9 Å². The van der Waals surface area contributed by atoms with E-state index in [1.54, 1.807) is 0 Å². The van der Waals surface area contributed by atoms with Gasteiger partial charge >= 0.3 is 6.03 Å². The third-order valence-corrected chi connectivity index (χ3v) is 5.05. The van der Waals surface area contributed by atoms with Crippen LogP contribution in [0.5, 0.6) is 0 Å². The second-order valence-corrected chi connectivity index (χ2v) is 6.89. The van der Waals surface area contributed by atoms with E-state index in [0.717, 1.165) is 51.6 Å². The molecule has 0 spiro atoms. The molecule has 3 amide bonds. The second-order valence-electron chi connectivity index (χ2n) is 6.89. The van der Waals surface area contributed by atoms with Crippen molar-refractivity contribution in [3.63, 3.8) is 0 Å². The van der Waals surface area contributed by atoms with Gasteiger partial charge < -0.3 is 15.1 Å². The molecule has 2 aliphatic heterocycles. The first-order valence-electron chi connectivity index (χ1n) is 8.51. The molecule has 0 radical (unpaired) electrons. The van der Waals surface area contributed by atoms with E-state index in [9.17, 15) is 9.59 Å². The van der Waals surface area contributed by atoms with Crippen molar-refractivity contribution in [1.29, 1.82) is 0 Å². The van der Waals surface area contributed by atoms with E-state index in [1.165, 1.54) is 6.42 Å². The fourth-order valence-electron chi connectivity index (χ4n) is 3.52. The van der Waals surface area contributed by atoms with Gasteiger partial charge in [0.1, 0.15) is 0 Å². The van der Waals surface area contributed by atoms with Crippen LogP contribution in [0.25, 0.3) is 0 Å². The number of carbonyl (C=O) groups excluding carboxylic acids is 2. The fraction of sp³-hybridized carbons (Fsp3) is 0.875. The standard InChI is InChI=1S/C16H27N3O2/c1-12-5-2-3-10-19(12)15(20)13-6-4-9-18(11-13)16(21)17-14-7-8-14/h12-14H,2-11H2,1H3,(H,17,21). The number of piperidine rings is 2. The Morgan fingerprint density at radius 3 is 2.52 bits per heavy atom. The van der Waals surface area contributed by atoms with Crippen molar-refractivity contribution in [2.75, 3.05) is 19.6 Å². The Balaban J connectivity index is 1.56. The molecule has 5 heteroatoms. The average Bonchev–Trinajstić information content (AvgIpc) is 3.31. The van der Waals surface area contributed by atoms with E-state index < -0.39 is 0 Å². The first kappa shape index (κ1) is 14.7. The van der Waals surface area contributed by atoms with Crippen LogP contribution in [0, 0.1) is 5.92 Å². The maximum Gasteiger partial charge on any atom is 0.317 e. The lowest BCUT2D eigenvalue weighted by atomic mass is 9.94. The Morgan fingerprint density at radius 1 is 1.00 bits per heavy atom. The van der Waals surface area contributed by atoms with E-state index in [4.69, 9.17) is 0 Å². The Bertz CT molecular complexity index is 408. The summed E-state index contributed by atoms with van der Waals surface area (Å²) in [4.78, 5) is 28.8. The molecule has 0 aromatic heterocycles. The van der Waals surface area contributed by atoms with Gasteiger partial charge in [-0.05, 0) is 51.9 Å². The van der Waals surface area contributed by atoms with Crippen molar-refractivity contribution < 1.29 is 9.59 Å². The highest BCUT2D eigenvalue weighted by Crippen LogP contribution is 2.25. The van der Waals surface area contributed by atoms with Gasteiger partial charge in [-0.2, -0.15) is 0 Å². The van der Waals surface area contributed by atoms with Crippen molar-refractivity contribution in [1.82, 2.24) is 15.1 Å². The molecule has 21 heavy (non-hydrogen) atoms. The second kappa shape index (κ2) is 6.24. The quantitative estimate of drug-likeness (QED) is 0.846. The fourth-order valence-corrected chi connectivity index (χ4v) is 3.52. The molecule has 0 aromatic rings. The summed E-state index contributed by atoms with van der Waals surface area (Å²) in [5.41, 5.74) is 0. The van der Waals surface area contributed by atoms with Crippen LogP contribution < -0.4 is 5.32 Å². The number of urea groups is 1. The summed E-state index contributed by atoms with van der Waals surface area (Å²) in [6, 6.07) is 0.777. The molecule has 3 fully saturated rings. The van der Waals surface area contributed by atoms with Crippen molar-refractivity contribution >= 4 is 11.9 Å². The highest BCUT2D eigenvalue weighted by Gasteiger charge is 2.34. The van der Waals surface area contributed by atoms with Crippen LogP contribution in [0.4, 0.5) is 4.79 Å². The van der Waals surface area contributed by atoms with Crippen LogP contribution in [0.15, 0.2) is 0 Å². The van der Waals surface area contributed by atoms with Crippen molar-refractivity contribution in [2.24, 2.45) is 5.92 Å². The minimum Gasteiger partial charge on any atom is -0.340 e. The maximum absolute atomic E-state index is 12.7. The van der Waals surface area contributed by atoms with Gasteiger partial charge in [-0.1, -0.05) is 0 Å². The Labute approximate surface area is 127 Å². The summed E-state index contributed by atoms with van der Waals surface area (Å²) in [6.07, 6.45) is 7.54. The average molecular weight is 293 g/mol. The van der Waals surface area contributed by atoms with Crippen LogP contribution in [-0.2, 0) is 4.79 Å². The molecule has 118 valence electrons. The van der Waals surface area contributed by atoms with Gasteiger partial charge in [-0.15, -0.1) is 0 Å². The van der Waals surface area contributed by atoms with Gasteiger partial charge in [-0.25, -0.2) is 4.79 Å². The number of likely N-dealkylation sites (tertiary alicyclic amines) is 2. The van der Waals surface area contributed by atoms with E-state index in [2.05, 4.69) is 17.1 Å². The number of hydrogen-bond acceptors (Lipinski definition) is 2. The summed E-state index contributed by atoms with van der Waals surface area (Å²) in [5, 5.41) is 3.03. The van der Waals surface area contributed by atoms with Crippen molar-refractivity contribution in [3.05, 3.63) is 0 Å². The molecule has 0 aromatic carbocycles. The molecule has 2 atom stereocenters. The van der Waals surface area contributed by atoms with E-state index in [0.29, 0.717) is 18.6 Å². The van der Waals surface area contributed by atoms with Gasteiger partial charge in [0.25, 0.3) is 0 Å². The first-order chi connectivity index (χ1) is 10.1. The number of amides is 3. The summed E-state index contributed by atoms with van der Waals surface area (Å²) >= 11 is 0. The molecular formula is C16H27N3O2. The summed E-state index contributed by atoms with van der Waals surface area (Å²) in [7, 11) is 0. The van der Waals surface area contributed by atoms with Crippen molar-refractivity contribution in [2.45, 2.75) is 64.0 Å². The zero-order valence-corrected chi connectivity index (χ0v) is 13.0. The number of rotatable bonds is 2. The molecule has 3 aliphatic rings. The Hall–Kier alpha value is -1.26. The normalized spacial score (nSPS) is 30.1. The van der Waals surface area contributed by atoms with Crippen LogP contribution in [-0.4, -0.2) is 53.5 Å². The molecule has 1 saturated carbocycles. The third kappa shape index (κ3) is 3.50. The third-order valence-electron chi connectivity index (χ3n) is 5.05. The number of hydrogen-bond donors (Lipinski definition) is 1. The Morgan fingerprint density at radius 2 is 1.81 bits per heavy atom.